The zero-order valence-electron chi connectivity index (χ0n) is 19.3. The van der Waals surface area contributed by atoms with E-state index in [2.05, 4.69) is 56.5 Å². The number of pyridine rings is 1. The van der Waals surface area contributed by atoms with Crippen molar-refractivity contribution in [3.8, 4) is 5.75 Å². The first-order valence-corrected chi connectivity index (χ1v) is 11.2. The SMILES string of the molecule is CN=C(NCc1ccc(Cn2ccccc2=O)cc1)N1CCN(c2cccc(OC)c2)CC1. The zero-order valence-corrected chi connectivity index (χ0v) is 19.3. The third-order valence-corrected chi connectivity index (χ3v) is 5.93. The van der Waals surface area contributed by atoms with Gasteiger partial charge in [0.15, 0.2) is 5.96 Å². The predicted molar refractivity (Wildman–Crippen MR) is 133 cm³/mol. The maximum Gasteiger partial charge on any atom is 0.250 e. The number of guanidine groups is 1. The normalized spacial score (nSPS) is 14.3. The lowest BCUT2D eigenvalue weighted by molar-refractivity contribution is 0.372. The summed E-state index contributed by atoms with van der Waals surface area (Å²) in [6.45, 7) is 4.95. The number of nitrogens with zero attached hydrogens (tertiary/aromatic N) is 4. The molecule has 1 aliphatic heterocycles. The van der Waals surface area contributed by atoms with E-state index in [-0.39, 0.29) is 5.56 Å². The van der Waals surface area contributed by atoms with E-state index in [4.69, 9.17) is 4.74 Å². The van der Waals surface area contributed by atoms with Gasteiger partial charge in [-0.15, -0.1) is 0 Å². The molecule has 2 aromatic carbocycles. The molecule has 2 heterocycles. The van der Waals surface area contributed by atoms with Crippen LogP contribution >= 0.6 is 0 Å². The summed E-state index contributed by atoms with van der Waals surface area (Å²) in [4.78, 5) is 21.1. The first-order valence-electron chi connectivity index (χ1n) is 11.2. The van der Waals surface area contributed by atoms with Crippen LogP contribution in [0.4, 0.5) is 5.69 Å². The maximum atomic E-state index is 11.9. The Kier molecular flexibility index (Phi) is 7.29. The molecule has 0 radical (unpaired) electrons. The molecule has 33 heavy (non-hydrogen) atoms. The number of methoxy groups -OCH3 is 1. The molecule has 7 nitrogen and oxygen atoms in total. The number of benzene rings is 2. The van der Waals surface area contributed by atoms with Crippen LogP contribution in [0.5, 0.6) is 5.75 Å². The summed E-state index contributed by atoms with van der Waals surface area (Å²) in [7, 11) is 3.53. The van der Waals surface area contributed by atoms with Crippen LogP contribution in [0.25, 0.3) is 0 Å². The first-order chi connectivity index (χ1) is 16.2. The van der Waals surface area contributed by atoms with Gasteiger partial charge in [0.05, 0.1) is 13.7 Å². The predicted octanol–water partition coefficient (Wildman–Crippen LogP) is 2.80. The maximum absolute atomic E-state index is 11.9. The van der Waals surface area contributed by atoms with E-state index in [1.807, 2.05) is 31.4 Å². The first kappa shape index (κ1) is 22.5. The summed E-state index contributed by atoms with van der Waals surface area (Å²) in [6.07, 6.45) is 1.82. The van der Waals surface area contributed by atoms with Gasteiger partial charge in [0, 0.05) is 63.8 Å². The van der Waals surface area contributed by atoms with E-state index in [0.29, 0.717) is 13.1 Å². The molecule has 0 atom stereocenters. The molecule has 7 heteroatoms. The van der Waals surface area contributed by atoms with Crippen molar-refractivity contribution < 1.29 is 4.74 Å². The van der Waals surface area contributed by atoms with Crippen molar-refractivity contribution in [2.75, 3.05) is 45.2 Å². The summed E-state index contributed by atoms with van der Waals surface area (Å²) < 4.78 is 7.07. The average molecular weight is 446 g/mol. The van der Waals surface area contributed by atoms with Crippen LogP contribution in [-0.2, 0) is 13.1 Å². The van der Waals surface area contributed by atoms with Crippen molar-refractivity contribution in [3.63, 3.8) is 0 Å². The average Bonchev–Trinajstić information content (AvgIpc) is 2.87. The van der Waals surface area contributed by atoms with Gasteiger partial charge in [-0.1, -0.05) is 36.4 Å². The van der Waals surface area contributed by atoms with Gasteiger partial charge in [-0.3, -0.25) is 9.79 Å². The number of nitrogens with one attached hydrogen (secondary N) is 1. The van der Waals surface area contributed by atoms with Gasteiger partial charge in [0.1, 0.15) is 5.75 Å². The van der Waals surface area contributed by atoms with Crippen LogP contribution in [-0.4, -0.2) is 55.8 Å². The Morgan fingerprint density at radius 2 is 1.73 bits per heavy atom. The van der Waals surface area contributed by atoms with Crippen LogP contribution in [0.1, 0.15) is 11.1 Å². The van der Waals surface area contributed by atoms with Crippen molar-refractivity contribution in [2.45, 2.75) is 13.1 Å². The van der Waals surface area contributed by atoms with Crippen LogP contribution in [0.2, 0.25) is 0 Å². The van der Waals surface area contributed by atoms with Gasteiger partial charge in [0.25, 0.3) is 5.56 Å². The number of aliphatic imine (C=N–C) groups is 1. The molecule has 0 unspecified atom stereocenters. The highest BCUT2D eigenvalue weighted by molar-refractivity contribution is 5.80. The van der Waals surface area contributed by atoms with Gasteiger partial charge in [-0.2, -0.15) is 0 Å². The summed E-state index contributed by atoms with van der Waals surface area (Å²) in [6, 6.07) is 21.8. The smallest absolute Gasteiger partial charge is 0.250 e. The molecule has 172 valence electrons. The second-order valence-corrected chi connectivity index (χ2v) is 8.06. The third kappa shape index (κ3) is 5.74. The van der Waals surface area contributed by atoms with E-state index in [9.17, 15) is 4.79 Å². The Morgan fingerprint density at radius 1 is 0.970 bits per heavy atom. The second kappa shape index (κ2) is 10.7. The number of piperazine rings is 1. The number of anilines is 1. The molecule has 1 N–H and O–H groups in total. The molecule has 0 saturated carbocycles. The van der Waals surface area contributed by atoms with Gasteiger partial charge in [0.2, 0.25) is 0 Å². The lowest BCUT2D eigenvalue weighted by Crippen LogP contribution is -2.52. The summed E-state index contributed by atoms with van der Waals surface area (Å²) in [5.41, 5.74) is 3.48. The van der Waals surface area contributed by atoms with Crippen molar-refractivity contribution in [3.05, 3.63) is 94.4 Å². The van der Waals surface area contributed by atoms with Crippen molar-refractivity contribution in [1.82, 2.24) is 14.8 Å². The number of ether oxygens (including phenoxy) is 1. The molecule has 0 spiro atoms. The lowest BCUT2D eigenvalue weighted by Gasteiger charge is -2.37. The van der Waals surface area contributed by atoms with Gasteiger partial charge >= 0.3 is 0 Å². The van der Waals surface area contributed by atoms with Crippen LogP contribution in [0, 0.1) is 0 Å². The lowest BCUT2D eigenvalue weighted by atomic mass is 10.1. The largest absolute Gasteiger partial charge is 0.497 e. The number of hydrogen-bond acceptors (Lipinski definition) is 4. The van der Waals surface area contributed by atoms with Crippen LogP contribution in [0.3, 0.4) is 0 Å². The Labute approximate surface area is 194 Å². The zero-order chi connectivity index (χ0) is 23.0. The Bertz CT molecular complexity index is 1130. The Balaban J connectivity index is 1.29. The van der Waals surface area contributed by atoms with E-state index in [0.717, 1.165) is 43.5 Å². The molecule has 0 aliphatic carbocycles. The quantitative estimate of drug-likeness (QED) is 0.467. The van der Waals surface area contributed by atoms with Crippen molar-refractivity contribution in [2.24, 2.45) is 4.99 Å². The van der Waals surface area contributed by atoms with Gasteiger partial charge < -0.3 is 24.4 Å². The molecule has 3 aromatic rings. The summed E-state index contributed by atoms with van der Waals surface area (Å²) in [5, 5.41) is 3.49. The van der Waals surface area contributed by atoms with E-state index in [1.54, 1.807) is 23.8 Å². The number of hydrogen-bond donors (Lipinski definition) is 1. The minimum atomic E-state index is 0.0125. The standard InChI is InChI=1S/C26H31N5O2/c1-27-26(30-16-14-29(15-17-30)23-6-5-7-24(18-23)33-2)28-19-21-9-11-22(12-10-21)20-31-13-4-3-8-25(31)32/h3-13,18H,14-17,19-20H2,1-2H3,(H,27,28). The molecule has 4 rings (SSSR count). The fourth-order valence-electron chi connectivity index (χ4n) is 4.05. The van der Waals surface area contributed by atoms with Gasteiger partial charge in [-0.25, -0.2) is 0 Å². The monoisotopic (exact) mass is 445 g/mol. The topological polar surface area (TPSA) is 62.1 Å². The molecule has 1 aromatic heterocycles. The van der Waals surface area contributed by atoms with E-state index in [1.165, 1.54) is 11.3 Å². The summed E-state index contributed by atoms with van der Waals surface area (Å²) >= 11 is 0. The molecule has 0 amide bonds. The molecule has 1 saturated heterocycles. The Morgan fingerprint density at radius 3 is 2.42 bits per heavy atom. The molecule has 0 bridgehead atoms. The van der Waals surface area contributed by atoms with Crippen molar-refractivity contribution >= 4 is 11.6 Å². The van der Waals surface area contributed by atoms with E-state index < -0.39 is 0 Å². The van der Waals surface area contributed by atoms with Crippen LogP contribution < -0.4 is 20.5 Å². The molecular weight excluding hydrogens is 414 g/mol. The molecule has 1 aliphatic rings. The minimum absolute atomic E-state index is 0.0125. The third-order valence-electron chi connectivity index (χ3n) is 5.93. The fraction of sp³-hybridized carbons (Fsp3) is 0.308. The highest BCUT2D eigenvalue weighted by Gasteiger charge is 2.20. The van der Waals surface area contributed by atoms with E-state index >= 15 is 0 Å². The number of aromatic nitrogens is 1. The molecular formula is C26H31N5O2. The highest BCUT2D eigenvalue weighted by atomic mass is 16.5. The Hall–Kier alpha value is -3.74. The number of rotatable bonds is 6. The summed E-state index contributed by atoms with van der Waals surface area (Å²) in [5.74, 6) is 1.80. The minimum Gasteiger partial charge on any atom is -0.497 e. The highest BCUT2D eigenvalue weighted by Crippen LogP contribution is 2.22. The van der Waals surface area contributed by atoms with Crippen LogP contribution in [0.15, 0.2) is 82.7 Å². The molecule has 1 fully saturated rings. The van der Waals surface area contributed by atoms with Crippen molar-refractivity contribution in [1.29, 1.82) is 0 Å². The second-order valence-electron chi connectivity index (χ2n) is 8.06. The van der Waals surface area contributed by atoms with Gasteiger partial charge in [-0.05, 0) is 29.3 Å². The fourth-order valence-corrected chi connectivity index (χ4v) is 4.05.